The lowest BCUT2D eigenvalue weighted by molar-refractivity contribution is 0.359. The van der Waals surface area contributed by atoms with Crippen molar-refractivity contribution < 1.29 is 9.50 Å². The second kappa shape index (κ2) is 6.72. The van der Waals surface area contributed by atoms with E-state index in [1.54, 1.807) is 6.07 Å². The normalized spacial score (nSPS) is 11.6. The van der Waals surface area contributed by atoms with Crippen molar-refractivity contribution in [1.82, 2.24) is 5.32 Å². The summed E-state index contributed by atoms with van der Waals surface area (Å²) in [6.07, 6.45) is 2.00. The number of hydrogen-bond acceptors (Lipinski definition) is 2. The lowest BCUT2D eigenvalue weighted by atomic mass is 9.95. The Balaban J connectivity index is 1.87. The molecule has 0 saturated heterocycles. The molecule has 2 aromatic rings. The number of halogens is 1. The minimum Gasteiger partial charge on any atom is -0.505 e. The van der Waals surface area contributed by atoms with Crippen molar-refractivity contribution >= 4 is 0 Å². The van der Waals surface area contributed by atoms with Crippen LogP contribution in [0.4, 0.5) is 4.39 Å². The Morgan fingerprint density at radius 1 is 1.05 bits per heavy atom. The van der Waals surface area contributed by atoms with Gasteiger partial charge in [-0.25, -0.2) is 4.39 Å². The maximum Gasteiger partial charge on any atom is 0.165 e. The average Bonchev–Trinajstić information content (AvgIpc) is 2.48. The fraction of sp³-hybridized carbons (Fsp3) is 0.333. The molecule has 2 nitrogen and oxygen atoms in total. The number of nitrogens with one attached hydrogen (secondary N) is 1. The van der Waals surface area contributed by atoms with Crippen molar-refractivity contribution in [2.24, 2.45) is 0 Å². The Bertz CT molecular complexity index is 581. The van der Waals surface area contributed by atoms with Crippen LogP contribution in [-0.4, -0.2) is 10.6 Å². The summed E-state index contributed by atoms with van der Waals surface area (Å²) >= 11 is 0. The molecular formula is C18H22FNO. The van der Waals surface area contributed by atoms with Crippen molar-refractivity contribution in [1.29, 1.82) is 0 Å². The molecule has 0 aromatic heterocycles. The van der Waals surface area contributed by atoms with Crippen LogP contribution in [0.3, 0.4) is 0 Å². The fourth-order valence-electron chi connectivity index (χ4n) is 2.19. The molecule has 0 unspecified atom stereocenters. The highest BCUT2D eigenvalue weighted by molar-refractivity contribution is 5.28. The Morgan fingerprint density at radius 3 is 2.43 bits per heavy atom. The van der Waals surface area contributed by atoms with Crippen LogP contribution in [0.15, 0.2) is 48.5 Å². The maximum atomic E-state index is 13.3. The molecule has 0 spiro atoms. The predicted octanol–water partition coefficient (Wildman–Crippen LogP) is 4.03. The van der Waals surface area contributed by atoms with Gasteiger partial charge in [-0.15, -0.1) is 0 Å². The van der Waals surface area contributed by atoms with Gasteiger partial charge in [-0.2, -0.15) is 0 Å². The van der Waals surface area contributed by atoms with Gasteiger partial charge in [0.15, 0.2) is 11.6 Å². The number of phenolic OH excluding ortho intramolecular Hbond substituents is 1. The third kappa shape index (κ3) is 4.87. The van der Waals surface area contributed by atoms with Gasteiger partial charge >= 0.3 is 0 Å². The zero-order valence-corrected chi connectivity index (χ0v) is 12.6. The van der Waals surface area contributed by atoms with Gasteiger partial charge in [0.05, 0.1) is 0 Å². The minimum atomic E-state index is -0.573. The second-order valence-electron chi connectivity index (χ2n) is 6.01. The molecule has 0 aliphatic rings. The van der Waals surface area contributed by atoms with Gasteiger partial charge in [-0.3, -0.25) is 0 Å². The summed E-state index contributed by atoms with van der Waals surface area (Å²) in [6.45, 7) is 4.87. The number of rotatable bonds is 6. The third-order valence-corrected chi connectivity index (χ3v) is 3.66. The second-order valence-corrected chi connectivity index (χ2v) is 6.01. The number of aromatic hydroxyl groups is 1. The summed E-state index contributed by atoms with van der Waals surface area (Å²) in [5.74, 6) is -0.876. The first-order chi connectivity index (χ1) is 9.96. The third-order valence-electron chi connectivity index (χ3n) is 3.66. The van der Waals surface area contributed by atoms with E-state index in [-0.39, 0.29) is 11.3 Å². The van der Waals surface area contributed by atoms with E-state index in [0.717, 1.165) is 18.4 Å². The van der Waals surface area contributed by atoms with Crippen molar-refractivity contribution in [2.75, 3.05) is 0 Å². The summed E-state index contributed by atoms with van der Waals surface area (Å²) in [6, 6.07) is 14.9. The molecule has 3 heteroatoms. The average molecular weight is 287 g/mol. The molecule has 0 fully saturated rings. The van der Waals surface area contributed by atoms with Crippen LogP contribution in [0.5, 0.6) is 5.75 Å². The summed E-state index contributed by atoms with van der Waals surface area (Å²) in [4.78, 5) is 0. The summed E-state index contributed by atoms with van der Waals surface area (Å²) in [5.41, 5.74) is 2.12. The van der Waals surface area contributed by atoms with E-state index >= 15 is 0 Å². The molecule has 2 aromatic carbocycles. The van der Waals surface area contributed by atoms with Gasteiger partial charge in [0.25, 0.3) is 0 Å². The van der Waals surface area contributed by atoms with Crippen molar-refractivity contribution in [3.05, 3.63) is 65.5 Å². The molecule has 0 atom stereocenters. The van der Waals surface area contributed by atoms with Gasteiger partial charge < -0.3 is 10.4 Å². The van der Waals surface area contributed by atoms with E-state index < -0.39 is 5.82 Å². The molecule has 112 valence electrons. The molecular weight excluding hydrogens is 265 g/mol. The van der Waals surface area contributed by atoms with Gasteiger partial charge in [-0.1, -0.05) is 36.4 Å². The maximum absolute atomic E-state index is 13.3. The van der Waals surface area contributed by atoms with Gasteiger partial charge in [0.1, 0.15) is 0 Å². The highest BCUT2D eigenvalue weighted by atomic mass is 19.1. The molecule has 2 N–H and O–H groups in total. The van der Waals surface area contributed by atoms with E-state index in [0.29, 0.717) is 6.54 Å². The smallest absolute Gasteiger partial charge is 0.165 e. The van der Waals surface area contributed by atoms with Crippen molar-refractivity contribution in [3.63, 3.8) is 0 Å². The molecule has 0 aliphatic heterocycles. The number of benzene rings is 2. The topological polar surface area (TPSA) is 32.3 Å². The van der Waals surface area contributed by atoms with E-state index in [4.69, 9.17) is 0 Å². The van der Waals surface area contributed by atoms with Gasteiger partial charge in [-0.05, 0) is 49.9 Å². The first-order valence-electron chi connectivity index (χ1n) is 7.23. The van der Waals surface area contributed by atoms with Crippen LogP contribution in [0.1, 0.15) is 31.4 Å². The highest BCUT2D eigenvalue weighted by Crippen LogP contribution is 2.18. The minimum absolute atomic E-state index is 0.0375. The lowest BCUT2D eigenvalue weighted by Gasteiger charge is -2.26. The monoisotopic (exact) mass is 287 g/mol. The number of phenols is 1. The standard InChI is InChI=1S/C18H22FNO/c1-18(2,11-10-14-6-4-3-5-7-14)20-13-15-8-9-17(21)16(19)12-15/h3-9,12,20-21H,10-11,13H2,1-2H3. The van der Waals surface area contributed by atoms with E-state index in [1.807, 2.05) is 6.07 Å². The predicted molar refractivity (Wildman–Crippen MR) is 83.7 cm³/mol. The molecule has 0 saturated carbocycles. The first-order valence-corrected chi connectivity index (χ1v) is 7.23. The summed E-state index contributed by atoms with van der Waals surface area (Å²) < 4.78 is 13.3. The van der Waals surface area contributed by atoms with Crippen LogP contribution >= 0.6 is 0 Å². The summed E-state index contributed by atoms with van der Waals surface area (Å²) in [7, 11) is 0. The van der Waals surface area contributed by atoms with Crippen LogP contribution in [-0.2, 0) is 13.0 Å². The van der Waals surface area contributed by atoms with Crippen molar-refractivity contribution in [3.8, 4) is 5.75 Å². The molecule has 2 rings (SSSR count). The fourth-order valence-corrected chi connectivity index (χ4v) is 2.19. The Hall–Kier alpha value is -1.87. The van der Waals surface area contributed by atoms with Crippen LogP contribution in [0.2, 0.25) is 0 Å². The lowest BCUT2D eigenvalue weighted by Crippen LogP contribution is -2.39. The molecule has 0 radical (unpaired) electrons. The van der Waals surface area contributed by atoms with Crippen molar-refractivity contribution in [2.45, 2.75) is 38.8 Å². The van der Waals surface area contributed by atoms with E-state index in [2.05, 4.69) is 43.4 Å². The number of hydrogen-bond donors (Lipinski definition) is 2. The Kier molecular flexibility index (Phi) is 4.97. The van der Waals surface area contributed by atoms with Gasteiger partial charge in [0.2, 0.25) is 0 Å². The molecule has 0 heterocycles. The Morgan fingerprint density at radius 2 is 1.76 bits per heavy atom. The highest BCUT2D eigenvalue weighted by Gasteiger charge is 2.17. The molecule has 0 bridgehead atoms. The van der Waals surface area contributed by atoms with E-state index in [9.17, 15) is 9.50 Å². The largest absolute Gasteiger partial charge is 0.505 e. The number of aryl methyl sites for hydroxylation is 1. The zero-order valence-electron chi connectivity index (χ0n) is 12.6. The van der Waals surface area contributed by atoms with E-state index in [1.165, 1.54) is 17.7 Å². The molecule has 21 heavy (non-hydrogen) atoms. The zero-order chi connectivity index (χ0) is 15.3. The first kappa shape index (κ1) is 15.5. The Labute approximate surface area is 125 Å². The van der Waals surface area contributed by atoms with Crippen LogP contribution < -0.4 is 5.32 Å². The molecule has 0 amide bonds. The SMILES string of the molecule is CC(C)(CCc1ccccc1)NCc1ccc(O)c(F)c1. The molecule has 0 aliphatic carbocycles. The van der Waals surface area contributed by atoms with Crippen LogP contribution in [0.25, 0.3) is 0 Å². The summed E-state index contributed by atoms with van der Waals surface area (Å²) in [5, 5.41) is 12.6. The quantitative estimate of drug-likeness (QED) is 0.840. The van der Waals surface area contributed by atoms with Gasteiger partial charge in [0, 0.05) is 12.1 Å². The van der Waals surface area contributed by atoms with Crippen LogP contribution in [0, 0.1) is 5.82 Å².